The van der Waals surface area contributed by atoms with Gasteiger partial charge in [0.1, 0.15) is 0 Å². The number of nitrogens with two attached hydrogens (primary N) is 1. The summed E-state index contributed by atoms with van der Waals surface area (Å²) in [4.78, 5) is 4.38. The summed E-state index contributed by atoms with van der Waals surface area (Å²) in [5.41, 5.74) is 11.2. The Kier molecular flexibility index (Phi) is 3.22. The first kappa shape index (κ1) is 13.5. The number of hydrogen-bond acceptors (Lipinski definition) is 2. The van der Waals surface area contributed by atoms with Crippen molar-refractivity contribution in [3.8, 4) is 5.69 Å². The topological polar surface area (TPSA) is 43.8 Å². The van der Waals surface area contributed by atoms with E-state index in [-0.39, 0.29) is 0 Å². The second kappa shape index (κ2) is 4.79. The maximum Gasteiger partial charge on any atom is 0.205 e. The molecule has 1 aromatic heterocycles. The number of aryl methyl sites for hydroxylation is 2. The Morgan fingerprint density at radius 3 is 2.45 bits per heavy atom. The Bertz CT molecular complexity index is 800. The molecule has 3 nitrogen and oxygen atoms in total. The van der Waals surface area contributed by atoms with Crippen LogP contribution >= 0.6 is 27.5 Å². The minimum Gasteiger partial charge on any atom is -0.369 e. The quantitative estimate of drug-likeness (QED) is 0.695. The number of anilines is 1. The second-order valence-corrected chi connectivity index (χ2v) is 6.06. The van der Waals surface area contributed by atoms with Gasteiger partial charge in [0.05, 0.1) is 11.0 Å². The van der Waals surface area contributed by atoms with Crippen LogP contribution in [0.5, 0.6) is 0 Å². The van der Waals surface area contributed by atoms with Crippen LogP contribution in [0.25, 0.3) is 16.7 Å². The molecule has 0 fully saturated rings. The van der Waals surface area contributed by atoms with E-state index in [0.29, 0.717) is 11.0 Å². The van der Waals surface area contributed by atoms with Gasteiger partial charge in [-0.25, -0.2) is 4.98 Å². The standard InChI is InChI=1S/C15H13BrClN3/c1-8-5-11(6-9(2)14(8)16)20-13-4-3-10(17)7-12(13)19-15(20)18/h3-7H,1-2H3,(H2,18,19). The van der Waals surface area contributed by atoms with Gasteiger partial charge in [0.15, 0.2) is 0 Å². The number of nitrogen functional groups attached to an aromatic ring is 1. The first-order valence-corrected chi connectivity index (χ1v) is 7.35. The van der Waals surface area contributed by atoms with Gasteiger partial charge in [0.25, 0.3) is 0 Å². The highest BCUT2D eigenvalue weighted by Gasteiger charge is 2.12. The lowest BCUT2D eigenvalue weighted by atomic mass is 10.1. The summed E-state index contributed by atoms with van der Waals surface area (Å²) in [5, 5.41) is 0.658. The van der Waals surface area contributed by atoms with Crippen molar-refractivity contribution in [2.24, 2.45) is 0 Å². The zero-order valence-electron chi connectivity index (χ0n) is 11.1. The van der Waals surface area contributed by atoms with Gasteiger partial charge in [-0.3, -0.25) is 4.57 Å². The molecule has 0 radical (unpaired) electrons. The monoisotopic (exact) mass is 349 g/mol. The smallest absolute Gasteiger partial charge is 0.205 e. The maximum atomic E-state index is 6.07. The summed E-state index contributed by atoms with van der Waals surface area (Å²) >= 11 is 9.58. The third-order valence-electron chi connectivity index (χ3n) is 3.32. The Hall–Kier alpha value is -1.52. The number of imidazole rings is 1. The van der Waals surface area contributed by atoms with Crippen LogP contribution in [0.4, 0.5) is 5.95 Å². The first-order chi connectivity index (χ1) is 9.47. The summed E-state index contributed by atoms with van der Waals surface area (Å²) in [7, 11) is 0. The molecule has 0 saturated heterocycles. The van der Waals surface area contributed by atoms with Gasteiger partial charge in [-0.15, -0.1) is 0 Å². The van der Waals surface area contributed by atoms with Crippen molar-refractivity contribution in [2.75, 3.05) is 5.73 Å². The van der Waals surface area contributed by atoms with Crippen molar-refractivity contribution < 1.29 is 0 Å². The van der Waals surface area contributed by atoms with E-state index in [1.165, 1.54) is 0 Å². The van der Waals surface area contributed by atoms with Crippen LogP contribution in [0.1, 0.15) is 11.1 Å². The highest BCUT2D eigenvalue weighted by atomic mass is 79.9. The first-order valence-electron chi connectivity index (χ1n) is 6.18. The van der Waals surface area contributed by atoms with Crippen molar-refractivity contribution in [1.82, 2.24) is 9.55 Å². The van der Waals surface area contributed by atoms with Crippen LogP contribution in [0.2, 0.25) is 5.02 Å². The predicted octanol–water partition coefficient (Wildman–Crippen LogP) is 4.64. The van der Waals surface area contributed by atoms with E-state index in [0.717, 1.165) is 32.3 Å². The molecule has 0 aliphatic heterocycles. The average molecular weight is 351 g/mol. The molecule has 5 heteroatoms. The van der Waals surface area contributed by atoms with E-state index in [1.807, 2.05) is 22.8 Å². The van der Waals surface area contributed by atoms with Crippen molar-refractivity contribution >= 4 is 44.5 Å². The highest BCUT2D eigenvalue weighted by Crippen LogP contribution is 2.29. The second-order valence-electron chi connectivity index (χ2n) is 4.83. The van der Waals surface area contributed by atoms with E-state index in [1.54, 1.807) is 0 Å². The fraction of sp³-hybridized carbons (Fsp3) is 0.133. The highest BCUT2D eigenvalue weighted by molar-refractivity contribution is 9.10. The third kappa shape index (κ3) is 2.09. The molecule has 3 rings (SSSR count). The molecule has 0 bridgehead atoms. The van der Waals surface area contributed by atoms with Gasteiger partial charge in [-0.05, 0) is 55.3 Å². The average Bonchev–Trinajstić information content (AvgIpc) is 2.70. The van der Waals surface area contributed by atoms with E-state index in [4.69, 9.17) is 17.3 Å². The van der Waals surface area contributed by atoms with Gasteiger partial charge in [0, 0.05) is 15.2 Å². The summed E-state index contributed by atoms with van der Waals surface area (Å²) < 4.78 is 3.06. The number of hydrogen-bond donors (Lipinski definition) is 1. The van der Waals surface area contributed by atoms with Crippen LogP contribution in [0.15, 0.2) is 34.8 Å². The summed E-state index contributed by atoms with van der Waals surface area (Å²) in [6, 6.07) is 9.78. The van der Waals surface area contributed by atoms with Crippen LogP contribution in [0, 0.1) is 13.8 Å². The predicted molar refractivity (Wildman–Crippen MR) is 87.7 cm³/mol. The molecule has 0 unspecified atom stereocenters. The zero-order chi connectivity index (χ0) is 14.4. The summed E-state index contributed by atoms with van der Waals surface area (Å²) in [6.45, 7) is 4.12. The van der Waals surface area contributed by atoms with Gasteiger partial charge in [-0.1, -0.05) is 27.5 Å². The van der Waals surface area contributed by atoms with E-state index in [2.05, 4.69) is 46.9 Å². The van der Waals surface area contributed by atoms with Crippen LogP contribution in [-0.4, -0.2) is 9.55 Å². The number of benzene rings is 2. The third-order valence-corrected chi connectivity index (χ3v) is 4.81. The molecule has 0 amide bonds. The molecule has 2 N–H and O–H groups in total. The van der Waals surface area contributed by atoms with Crippen molar-refractivity contribution in [2.45, 2.75) is 13.8 Å². The van der Waals surface area contributed by atoms with E-state index < -0.39 is 0 Å². The lowest BCUT2D eigenvalue weighted by molar-refractivity contribution is 1.10. The minimum absolute atomic E-state index is 0.461. The van der Waals surface area contributed by atoms with Crippen molar-refractivity contribution in [1.29, 1.82) is 0 Å². The fourth-order valence-corrected chi connectivity index (χ4v) is 2.79. The zero-order valence-corrected chi connectivity index (χ0v) is 13.5. The molecule has 0 aliphatic carbocycles. The molecule has 2 aromatic carbocycles. The summed E-state index contributed by atoms with van der Waals surface area (Å²) in [5.74, 6) is 0.461. The van der Waals surface area contributed by atoms with E-state index in [9.17, 15) is 0 Å². The molecule has 102 valence electrons. The van der Waals surface area contributed by atoms with Gasteiger partial charge in [0.2, 0.25) is 5.95 Å². The Labute approximate surface area is 130 Å². The number of fused-ring (bicyclic) bond motifs is 1. The maximum absolute atomic E-state index is 6.07. The van der Waals surface area contributed by atoms with Gasteiger partial charge < -0.3 is 5.73 Å². The minimum atomic E-state index is 0.461. The van der Waals surface area contributed by atoms with Crippen molar-refractivity contribution in [3.05, 3.63) is 51.0 Å². The Balaban J connectivity index is 2.32. The normalized spacial score (nSPS) is 11.2. The molecule has 0 spiro atoms. The molecule has 0 aliphatic rings. The number of rotatable bonds is 1. The number of nitrogens with zero attached hydrogens (tertiary/aromatic N) is 2. The SMILES string of the molecule is Cc1cc(-n2c(N)nc3cc(Cl)ccc32)cc(C)c1Br. The molecule has 20 heavy (non-hydrogen) atoms. The Morgan fingerprint density at radius 2 is 1.80 bits per heavy atom. The molecule has 0 saturated carbocycles. The molecule has 0 atom stereocenters. The lowest BCUT2D eigenvalue weighted by Crippen LogP contribution is -2.01. The molecule has 1 heterocycles. The van der Waals surface area contributed by atoms with Crippen LogP contribution < -0.4 is 5.73 Å². The molecular formula is C15H13BrClN3. The van der Waals surface area contributed by atoms with Crippen LogP contribution in [-0.2, 0) is 0 Å². The molecular weight excluding hydrogens is 338 g/mol. The largest absolute Gasteiger partial charge is 0.369 e. The van der Waals surface area contributed by atoms with Gasteiger partial charge in [-0.2, -0.15) is 0 Å². The summed E-state index contributed by atoms with van der Waals surface area (Å²) in [6.07, 6.45) is 0. The fourth-order valence-electron chi connectivity index (χ4n) is 2.40. The van der Waals surface area contributed by atoms with E-state index >= 15 is 0 Å². The van der Waals surface area contributed by atoms with Crippen molar-refractivity contribution in [3.63, 3.8) is 0 Å². The number of halogens is 2. The van der Waals surface area contributed by atoms with Gasteiger partial charge >= 0.3 is 0 Å². The Morgan fingerprint density at radius 1 is 1.15 bits per heavy atom. The number of aromatic nitrogens is 2. The van der Waals surface area contributed by atoms with Crippen LogP contribution in [0.3, 0.4) is 0 Å². The molecule has 3 aromatic rings. The lowest BCUT2D eigenvalue weighted by Gasteiger charge is -2.11.